The number of imide groups is 1. The number of aldehydes is 1. The van der Waals surface area contributed by atoms with Gasteiger partial charge in [-0.05, 0) is 158 Å². The molecule has 5 fully saturated rings. The number of piperidine rings is 3. The zero-order chi connectivity index (χ0) is 48.5. The maximum atomic E-state index is 15.4. The molecule has 1 aromatic rings. The van der Waals surface area contributed by atoms with Crippen LogP contribution >= 0.6 is 11.9 Å². The van der Waals surface area contributed by atoms with Gasteiger partial charge in [0, 0.05) is 74.5 Å². The minimum absolute atomic E-state index is 0.0380. The number of hydrogen-bond donors (Lipinski definition) is 2. The molecular weight excluding hydrogens is 870 g/mol. The van der Waals surface area contributed by atoms with Gasteiger partial charge in [0.2, 0.25) is 12.8 Å². The number of nitrogens with two attached hydrogens (primary N) is 1. The molecule has 67 heavy (non-hydrogen) atoms. The maximum absolute atomic E-state index is 15.4. The third kappa shape index (κ3) is 13.9. The van der Waals surface area contributed by atoms with Crippen molar-refractivity contribution in [2.45, 2.75) is 140 Å². The normalized spacial score (nSPS) is 24.7. The lowest BCUT2D eigenvalue weighted by molar-refractivity contribution is -0.124. The summed E-state index contributed by atoms with van der Waals surface area (Å²) in [7, 11) is 3.06. The summed E-state index contributed by atoms with van der Waals surface area (Å²) in [4.78, 5) is 76.3. The summed E-state index contributed by atoms with van der Waals surface area (Å²) in [5.41, 5.74) is 6.81. The molecule has 0 bridgehead atoms. The van der Waals surface area contributed by atoms with Crippen LogP contribution in [0.3, 0.4) is 0 Å². The van der Waals surface area contributed by atoms with Crippen molar-refractivity contribution in [3.05, 3.63) is 53.0 Å². The van der Waals surface area contributed by atoms with E-state index in [2.05, 4.69) is 55.7 Å². The Bertz CT molecular complexity index is 1910. The van der Waals surface area contributed by atoms with E-state index >= 15 is 4.39 Å². The van der Waals surface area contributed by atoms with Crippen LogP contribution in [0, 0.1) is 30.0 Å². The van der Waals surface area contributed by atoms with E-state index in [1.165, 1.54) is 58.2 Å². The number of nitrogens with one attached hydrogen (secondary N) is 1. The van der Waals surface area contributed by atoms with Gasteiger partial charge >= 0.3 is 0 Å². The monoisotopic (exact) mass is 948 g/mol. The van der Waals surface area contributed by atoms with Crippen molar-refractivity contribution in [3.8, 4) is 0 Å². The number of hydrogen-bond acceptors (Lipinski definition) is 12. The Balaban J connectivity index is 0.00000133. The molecule has 1 spiro atoms. The Morgan fingerprint density at radius 1 is 0.985 bits per heavy atom. The second kappa shape index (κ2) is 26.5. The molecule has 4 heterocycles. The Morgan fingerprint density at radius 2 is 1.66 bits per heavy atom. The Labute approximate surface area is 403 Å². The summed E-state index contributed by atoms with van der Waals surface area (Å²) in [5, 5.41) is 2.90. The van der Waals surface area contributed by atoms with Gasteiger partial charge in [-0.3, -0.25) is 43.3 Å². The Kier molecular flexibility index (Phi) is 21.2. The summed E-state index contributed by atoms with van der Waals surface area (Å²) in [6.07, 6.45) is 22.7. The van der Waals surface area contributed by atoms with Crippen molar-refractivity contribution >= 4 is 61.1 Å². The first-order chi connectivity index (χ1) is 32.5. The largest absolute Gasteiger partial charge is 0.369 e. The van der Waals surface area contributed by atoms with E-state index in [0.717, 1.165) is 106 Å². The molecular formula is C51H78FN9O5S. The second-order valence-electron chi connectivity index (χ2n) is 19.3. The molecule has 4 aliphatic heterocycles. The number of carbonyl (C=O) groups is 5. The van der Waals surface area contributed by atoms with Crippen LogP contribution in [0.25, 0.3) is 0 Å². The van der Waals surface area contributed by atoms with E-state index in [-0.39, 0.29) is 29.4 Å². The quantitative estimate of drug-likeness (QED) is 0.107. The number of aliphatic imine (C=N–C) groups is 2. The molecule has 1 aromatic carbocycles. The Hall–Kier alpha value is -4.25. The van der Waals surface area contributed by atoms with Crippen LogP contribution in [-0.4, -0.2) is 146 Å². The number of aryl methyl sites for hydroxylation is 1. The highest BCUT2D eigenvalue weighted by atomic mass is 32.2. The summed E-state index contributed by atoms with van der Waals surface area (Å²) in [6.45, 7) is 16.5. The number of halogens is 1. The molecule has 14 nitrogen and oxygen atoms in total. The lowest BCUT2D eigenvalue weighted by atomic mass is 9.65. The van der Waals surface area contributed by atoms with Crippen molar-refractivity contribution in [2.75, 3.05) is 64.8 Å². The molecule has 7 rings (SSSR count). The highest BCUT2D eigenvalue weighted by molar-refractivity contribution is 7.97. The first-order valence-electron chi connectivity index (χ1n) is 24.8. The van der Waals surface area contributed by atoms with Crippen molar-refractivity contribution in [3.63, 3.8) is 0 Å². The zero-order valence-corrected chi connectivity index (χ0v) is 41.7. The zero-order valence-electron chi connectivity index (χ0n) is 40.9. The van der Waals surface area contributed by atoms with Gasteiger partial charge in [-0.25, -0.2) is 4.39 Å². The number of anilines is 1. The van der Waals surface area contributed by atoms with Crippen molar-refractivity contribution in [1.82, 2.24) is 24.3 Å². The number of amidine groups is 1. The first-order valence-corrected chi connectivity index (χ1v) is 25.7. The van der Waals surface area contributed by atoms with Gasteiger partial charge in [-0.2, -0.15) is 0 Å². The summed E-state index contributed by atoms with van der Waals surface area (Å²) in [6, 6.07) is 2.54. The van der Waals surface area contributed by atoms with Crippen molar-refractivity contribution in [2.24, 2.45) is 33.0 Å². The van der Waals surface area contributed by atoms with Gasteiger partial charge in [-0.1, -0.05) is 38.6 Å². The van der Waals surface area contributed by atoms with Crippen LogP contribution in [0.4, 0.5) is 10.1 Å². The average molecular weight is 948 g/mol. The van der Waals surface area contributed by atoms with Gasteiger partial charge in [0.05, 0.1) is 17.8 Å². The lowest BCUT2D eigenvalue weighted by Gasteiger charge is -2.47. The number of carbonyl (C=O) groups excluding carboxylic acids is 5. The predicted molar refractivity (Wildman–Crippen MR) is 269 cm³/mol. The van der Waals surface area contributed by atoms with Crippen LogP contribution in [0.1, 0.15) is 126 Å². The number of benzene rings is 1. The van der Waals surface area contributed by atoms with Gasteiger partial charge < -0.3 is 25.6 Å². The van der Waals surface area contributed by atoms with Crippen LogP contribution in [0.5, 0.6) is 0 Å². The molecule has 3 saturated heterocycles. The molecule has 4 amide bonds. The van der Waals surface area contributed by atoms with E-state index in [1.54, 1.807) is 32.3 Å². The lowest BCUT2D eigenvalue weighted by Crippen LogP contribution is -2.48. The second-order valence-corrected chi connectivity index (χ2v) is 20.7. The van der Waals surface area contributed by atoms with Crippen LogP contribution in [0.2, 0.25) is 0 Å². The highest BCUT2D eigenvalue weighted by Gasteiger charge is 2.40. The van der Waals surface area contributed by atoms with Crippen molar-refractivity contribution in [1.29, 1.82) is 0 Å². The van der Waals surface area contributed by atoms with E-state index < -0.39 is 11.9 Å². The molecule has 3 N–H and O–H groups in total. The number of likely N-dealkylation sites (tertiary alicyclic amines) is 1. The van der Waals surface area contributed by atoms with Gasteiger partial charge in [0.1, 0.15) is 17.9 Å². The van der Waals surface area contributed by atoms with Crippen LogP contribution in [-0.2, 0) is 19.2 Å². The van der Waals surface area contributed by atoms with Gasteiger partial charge in [-0.15, -0.1) is 0 Å². The molecule has 16 heteroatoms. The summed E-state index contributed by atoms with van der Waals surface area (Å²) >= 11 is 2.07. The van der Waals surface area contributed by atoms with E-state index in [1.807, 2.05) is 17.9 Å². The maximum Gasteiger partial charge on any atom is 0.261 e. The number of amides is 4. The fraction of sp³-hybridized carbons (Fsp3) is 0.667. The minimum Gasteiger partial charge on any atom is -0.369 e. The fourth-order valence-corrected chi connectivity index (χ4v) is 12.3. The Morgan fingerprint density at radius 3 is 2.22 bits per heavy atom. The molecule has 3 unspecified atom stereocenters. The van der Waals surface area contributed by atoms with Crippen LogP contribution < -0.4 is 16.0 Å². The van der Waals surface area contributed by atoms with Crippen molar-refractivity contribution < 1.29 is 28.4 Å². The predicted octanol–water partition coefficient (Wildman–Crippen LogP) is 6.96. The van der Waals surface area contributed by atoms with Crippen LogP contribution in [0.15, 0.2) is 46.0 Å². The highest BCUT2D eigenvalue weighted by Crippen LogP contribution is 2.47. The molecule has 2 saturated carbocycles. The van der Waals surface area contributed by atoms with Gasteiger partial charge in [0.15, 0.2) is 0 Å². The first kappa shape index (κ1) is 53.7. The summed E-state index contributed by atoms with van der Waals surface area (Å²) in [5.74, 6) is 1.10. The molecule has 370 valence electrons. The minimum atomic E-state index is -0.828. The number of nitrogens with zero attached hydrogens (tertiary/aromatic N) is 7. The standard InChI is InChI=1S/C48H68FN7O4S.C2H5NO.CH5N/c1-5-7-39(32-57)55(33-58)47(60)41-29-44(42(49)28-35(41)3)53-26-20-48(21-27-53)18-12-36(13-19-48)31-52-22-16-40(17-23-52)61-54-24-14-38(15-25-54)51-46-37(30-50-4)10-11-45(59)56(46)43-9-6-8-34(43)2;1-3-2-4;1-2/h10-11,28-30,32-34,36,38-40,43H,4-9,12-27,31H2,1-3H3;2H,1H3,(H,3,4);2H2,1H3/b37-30-,51-46?;;. The molecule has 3 atom stereocenters. The fourth-order valence-electron chi connectivity index (χ4n) is 11.1. The molecule has 6 aliphatic rings. The third-order valence-corrected chi connectivity index (χ3v) is 16.4. The number of rotatable bonds is 15. The van der Waals surface area contributed by atoms with E-state index in [4.69, 9.17) is 9.79 Å². The summed E-state index contributed by atoms with van der Waals surface area (Å²) < 4.78 is 18.0. The topological polar surface area (TPSA) is 164 Å². The smallest absolute Gasteiger partial charge is 0.261 e. The molecule has 2 aliphatic carbocycles. The SMILES string of the molecule is C=N/C=C1/C=CC(=O)N(C2CCCC2C)C1=NC1CCN(SC2CCN(CC3CCC4(CC3)CCN(c3cc(C(=O)N(C=O)C(C=O)CCC)c(C)cc3F)CC4)CC2)CC1.CN.CNC=O. The third-order valence-electron chi connectivity index (χ3n) is 15.0. The van der Waals surface area contributed by atoms with E-state index in [9.17, 15) is 19.2 Å². The molecule has 0 aromatic heterocycles. The van der Waals surface area contributed by atoms with E-state index in [0.29, 0.717) is 59.8 Å². The average Bonchev–Trinajstić information content (AvgIpc) is 3.77. The van der Waals surface area contributed by atoms with Gasteiger partial charge in [0.25, 0.3) is 11.8 Å². The molecule has 0 radical (unpaired) electrons.